The summed E-state index contributed by atoms with van der Waals surface area (Å²) in [7, 11) is 0. The van der Waals surface area contributed by atoms with Gasteiger partial charge in [-0.1, -0.05) is 32.9 Å². The first-order valence-electron chi connectivity index (χ1n) is 4.53. The second-order valence-corrected chi connectivity index (χ2v) is 2.45. The van der Waals surface area contributed by atoms with E-state index >= 15 is 0 Å². The summed E-state index contributed by atoms with van der Waals surface area (Å²) in [5, 5.41) is 7.51. The number of nitrogens with zero attached hydrogens (tertiary/aromatic N) is 1. The van der Waals surface area contributed by atoms with Crippen LogP contribution in [-0.2, 0) is 9.53 Å². The lowest BCUT2D eigenvalue weighted by Crippen LogP contribution is -1.97. The first-order chi connectivity index (χ1) is 6.72. The third-order valence-electron chi connectivity index (χ3n) is 1.29. The van der Waals surface area contributed by atoms with Crippen molar-refractivity contribution in [3.8, 4) is 6.07 Å². The largest absolute Gasteiger partial charge is 0.435 e. The lowest BCUT2D eigenvalue weighted by molar-refractivity contribution is -0.138. The Kier molecular flexibility index (Phi) is 14.9. The molecule has 3 nitrogen and oxygen atoms in total. The molecule has 0 heterocycles. The average Bonchev–Trinajstić information content (AvgIpc) is 2.19. The average molecular weight is 195 g/mol. The summed E-state index contributed by atoms with van der Waals surface area (Å²) < 4.78 is 4.51. The summed E-state index contributed by atoms with van der Waals surface area (Å²) in [6.07, 6.45) is 6.00. The maximum atomic E-state index is 10.6. The van der Waals surface area contributed by atoms with Gasteiger partial charge < -0.3 is 4.74 Å². The van der Waals surface area contributed by atoms with E-state index in [0.29, 0.717) is 6.42 Å². The minimum Gasteiger partial charge on any atom is -0.435 e. The summed E-state index contributed by atoms with van der Waals surface area (Å²) >= 11 is 0. The molecular weight excluding hydrogens is 178 g/mol. The van der Waals surface area contributed by atoms with E-state index < -0.39 is 0 Å². The summed E-state index contributed by atoms with van der Waals surface area (Å²) in [5.74, 6) is -0.177. The second-order valence-electron chi connectivity index (χ2n) is 2.45. The highest BCUT2D eigenvalue weighted by Crippen LogP contribution is 1.99. The van der Waals surface area contributed by atoms with E-state index in [1.807, 2.05) is 0 Å². The minimum absolute atomic E-state index is 0.177. The maximum Gasteiger partial charge on any atom is 0.310 e. The Morgan fingerprint density at radius 1 is 1.50 bits per heavy atom. The molecule has 0 aromatic carbocycles. The smallest absolute Gasteiger partial charge is 0.310 e. The number of allylic oxidation sites excluding steroid dienone is 1. The second kappa shape index (κ2) is 14.0. The zero-order valence-corrected chi connectivity index (χ0v) is 8.66. The van der Waals surface area contributed by atoms with E-state index in [1.54, 1.807) is 6.07 Å². The highest BCUT2D eigenvalue weighted by molar-refractivity contribution is 5.69. The van der Waals surface area contributed by atoms with Crippen molar-refractivity contribution < 1.29 is 9.53 Å². The van der Waals surface area contributed by atoms with Crippen molar-refractivity contribution in [2.24, 2.45) is 0 Å². The van der Waals surface area contributed by atoms with Crippen LogP contribution in [0.5, 0.6) is 0 Å². The third-order valence-corrected chi connectivity index (χ3v) is 1.29. The van der Waals surface area contributed by atoms with E-state index in [2.05, 4.69) is 24.8 Å². The number of ether oxygens (including phenoxy) is 1. The van der Waals surface area contributed by atoms with E-state index in [9.17, 15) is 4.79 Å². The Balaban J connectivity index is 0. The van der Waals surface area contributed by atoms with Gasteiger partial charge in [-0.15, -0.1) is 0 Å². The van der Waals surface area contributed by atoms with Crippen LogP contribution in [0, 0.1) is 11.3 Å². The molecule has 0 radical (unpaired) electrons. The van der Waals surface area contributed by atoms with E-state index in [-0.39, 0.29) is 5.97 Å². The molecule has 0 aliphatic heterocycles. The molecule has 14 heavy (non-hydrogen) atoms. The molecule has 78 valence electrons. The topological polar surface area (TPSA) is 50.1 Å². The molecule has 0 unspecified atom stereocenters. The lowest BCUT2D eigenvalue weighted by atomic mass is 10.2. The number of unbranched alkanes of at least 4 members (excludes halogenated alkanes) is 2. The zero-order valence-electron chi connectivity index (χ0n) is 8.66. The molecule has 0 saturated heterocycles. The van der Waals surface area contributed by atoms with Crippen LogP contribution in [0.4, 0.5) is 0 Å². The van der Waals surface area contributed by atoms with Crippen LogP contribution >= 0.6 is 0 Å². The van der Waals surface area contributed by atoms with Crippen LogP contribution in [0.15, 0.2) is 25.5 Å². The van der Waals surface area contributed by atoms with Crippen molar-refractivity contribution in [2.45, 2.75) is 32.6 Å². The molecule has 0 aliphatic rings. The molecule has 0 rings (SSSR count). The van der Waals surface area contributed by atoms with Crippen molar-refractivity contribution in [1.82, 2.24) is 0 Å². The summed E-state index contributed by atoms with van der Waals surface area (Å²) in [6, 6.07) is 1.69. The standard InChI is InChI=1S/C8H14O2.C3H3N/c1-3-5-6-7-8(9)10-4-2;1-2-3-4/h4H,2-3,5-7H2,1H3;2H,1H2. The van der Waals surface area contributed by atoms with Crippen molar-refractivity contribution in [2.75, 3.05) is 0 Å². The number of hydrogen-bond donors (Lipinski definition) is 0. The van der Waals surface area contributed by atoms with E-state index in [1.165, 1.54) is 12.3 Å². The molecule has 0 amide bonds. The third kappa shape index (κ3) is 16.8. The number of esters is 1. The normalized spacial score (nSPS) is 7.43. The molecule has 0 spiro atoms. The van der Waals surface area contributed by atoms with Gasteiger partial charge in [0.15, 0.2) is 0 Å². The summed E-state index contributed by atoms with van der Waals surface area (Å²) in [4.78, 5) is 10.6. The Morgan fingerprint density at radius 3 is 2.43 bits per heavy atom. The van der Waals surface area contributed by atoms with Gasteiger partial charge in [-0.05, 0) is 6.42 Å². The number of rotatable bonds is 5. The molecule has 0 aromatic rings. The van der Waals surface area contributed by atoms with Gasteiger partial charge in [0.05, 0.1) is 12.3 Å². The van der Waals surface area contributed by atoms with Gasteiger partial charge in [0, 0.05) is 12.5 Å². The number of nitriles is 1. The zero-order chi connectivity index (χ0) is 11.2. The highest BCUT2D eigenvalue weighted by atomic mass is 16.5. The monoisotopic (exact) mass is 195 g/mol. The van der Waals surface area contributed by atoms with Gasteiger partial charge in [-0.25, -0.2) is 0 Å². The van der Waals surface area contributed by atoms with Gasteiger partial charge in [-0.2, -0.15) is 5.26 Å². The first-order valence-corrected chi connectivity index (χ1v) is 4.53. The lowest BCUT2D eigenvalue weighted by Gasteiger charge is -1.96. The molecule has 0 aliphatic carbocycles. The van der Waals surface area contributed by atoms with Crippen LogP contribution in [0.3, 0.4) is 0 Å². The molecule has 3 heteroatoms. The molecule has 0 aromatic heterocycles. The van der Waals surface area contributed by atoms with Gasteiger partial charge in [-0.3, -0.25) is 4.79 Å². The van der Waals surface area contributed by atoms with E-state index in [4.69, 9.17) is 5.26 Å². The Labute approximate surface area is 85.7 Å². The van der Waals surface area contributed by atoms with Crippen molar-refractivity contribution in [3.05, 3.63) is 25.5 Å². The highest BCUT2D eigenvalue weighted by Gasteiger charge is 1.97. The predicted molar refractivity (Wildman–Crippen MR) is 56.2 cm³/mol. The van der Waals surface area contributed by atoms with Gasteiger partial charge in [0.2, 0.25) is 0 Å². The minimum atomic E-state index is -0.177. The fraction of sp³-hybridized carbons (Fsp3) is 0.455. The quantitative estimate of drug-likeness (QED) is 0.293. The first kappa shape index (κ1) is 14.9. The number of hydrogen-bond acceptors (Lipinski definition) is 3. The summed E-state index contributed by atoms with van der Waals surface area (Å²) in [6.45, 7) is 8.50. The van der Waals surface area contributed by atoms with Crippen LogP contribution in [0.2, 0.25) is 0 Å². The molecule has 0 N–H and O–H groups in total. The van der Waals surface area contributed by atoms with E-state index in [0.717, 1.165) is 19.3 Å². The SMILES string of the molecule is C=CC#N.C=COC(=O)CCCCC. The Morgan fingerprint density at radius 2 is 2.07 bits per heavy atom. The molecule has 0 saturated carbocycles. The molecule has 0 fully saturated rings. The number of carbonyl (C=O) groups excluding carboxylic acids is 1. The molecule has 0 bridgehead atoms. The predicted octanol–water partition coefficient (Wildman–Crippen LogP) is 2.95. The summed E-state index contributed by atoms with van der Waals surface area (Å²) in [5.41, 5.74) is 0. The van der Waals surface area contributed by atoms with Crippen molar-refractivity contribution in [3.63, 3.8) is 0 Å². The maximum absolute atomic E-state index is 10.6. The van der Waals surface area contributed by atoms with Gasteiger partial charge in [0.1, 0.15) is 0 Å². The van der Waals surface area contributed by atoms with Crippen molar-refractivity contribution in [1.29, 1.82) is 5.26 Å². The molecular formula is C11H17NO2. The van der Waals surface area contributed by atoms with Crippen LogP contribution in [-0.4, -0.2) is 5.97 Å². The van der Waals surface area contributed by atoms with Gasteiger partial charge in [0.25, 0.3) is 0 Å². The van der Waals surface area contributed by atoms with Crippen LogP contribution in [0.25, 0.3) is 0 Å². The fourth-order valence-electron chi connectivity index (χ4n) is 0.671. The van der Waals surface area contributed by atoms with Crippen molar-refractivity contribution >= 4 is 5.97 Å². The Bertz CT molecular complexity index is 204. The van der Waals surface area contributed by atoms with Gasteiger partial charge >= 0.3 is 5.97 Å². The Hall–Kier alpha value is -1.56. The molecule has 0 atom stereocenters. The number of carbonyl (C=O) groups is 1. The van der Waals surface area contributed by atoms with Crippen LogP contribution < -0.4 is 0 Å². The fourth-order valence-corrected chi connectivity index (χ4v) is 0.671. The van der Waals surface area contributed by atoms with Crippen LogP contribution in [0.1, 0.15) is 32.6 Å².